The predicted octanol–water partition coefficient (Wildman–Crippen LogP) is 4.12. The fourth-order valence-electron chi connectivity index (χ4n) is 3.00. The van der Waals surface area contributed by atoms with E-state index in [9.17, 15) is 10.1 Å². The molecule has 0 saturated heterocycles. The second-order valence-electron chi connectivity index (χ2n) is 5.81. The highest BCUT2D eigenvalue weighted by Gasteiger charge is 2.38. The minimum absolute atomic E-state index is 0.0469. The molecule has 0 aliphatic carbocycles. The van der Waals surface area contributed by atoms with Crippen molar-refractivity contribution in [3.05, 3.63) is 87.8 Å². The maximum atomic E-state index is 12.9. The number of carbonyl (C=O) groups is 1. The van der Waals surface area contributed by atoms with E-state index in [1.807, 2.05) is 18.2 Å². The summed E-state index contributed by atoms with van der Waals surface area (Å²) in [5, 5.41) is 10.2. The van der Waals surface area contributed by atoms with Gasteiger partial charge in [-0.05, 0) is 24.6 Å². The quantitative estimate of drug-likeness (QED) is 0.806. The van der Waals surface area contributed by atoms with Crippen LogP contribution in [-0.4, -0.2) is 12.6 Å². The van der Waals surface area contributed by atoms with Crippen molar-refractivity contribution in [1.82, 2.24) is 0 Å². The summed E-state index contributed by atoms with van der Waals surface area (Å²) in [5.74, 6) is -1.08. The molecule has 1 atom stereocenters. The van der Waals surface area contributed by atoms with E-state index >= 15 is 0 Å². The Labute approximate surface area is 162 Å². The number of hydrogen-bond donors (Lipinski definition) is 1. The van der Waals surface area contributed by atoms with Crippen LogP contribution in [0.4, 0.5) is 0 Å². The maximum Gasteiger partial charge on any atom is 0.338 e. The molecule has 1 aliphatic rings. The molecule has 0 saturated carbocycles. The van der Waals surface area contributed by atoms with E-state index in [2.05, 4.69) is 6.07 Å². The van der Waals surface area contributed by atoms with Crippen molar-refractivity contribution in [3.8, 4) is 6.07 Å². The molecule has 2 N–H and O–H groups in total. The van der Waals surface area contributed by atoms with Crippen LogP contribution in [0.2, 0.25) is 5.02 Å². The van der Waals surface area contributed by atoms with Crippen molar-refractivity contribution >= 4 is 23.3 Å². The van der Waals surface area contributed by atoms with E-state index in [1.54, 1.807) is 43.3 Å². The van der Waals surface area contributed by atoms with Gasteiger partial charge in [-0.1, -0.05) is 54.1 Å². The van der Waals surface area contributed by atoms with E-state index in [-0.39, 0.29) is 29.4 Å². The molecule has 0 amide bonds. The van der Waals surface area contributed by atoms with Crippen molar-refractivity contribution in [2.24, 2.45) is 5.73 Å². The summed E-state index contributed by atoms with van der Waals surface area (Å²) in [4.78, 5) is 12.9. The van der Waals surface area contributed by atoms with Gasteiger partial charge in [0.25, 0.3) is 0 Å². The largest absolute Gasteiger partial charge is 0.463 e. The molecular formula is C21H17ClN2O3. The molecular weight excluding hydrogens is 364 g/mol. The molecule has 3 rings (SSSR count). The Morgan fingerprint density at radius 1 is 1.26 bits per heavy atom. The van der Waals surface area contributed by atoms with Gasteiger partial charge in [-0.25, -0.2) is 4.79 Å². The van der Waals surface area contributed by atoms with Crippen LogP contribution in [0.25, 0.3) is 5.76 Å². The summed E-state index contributed by atoms with van der Waals surface area (Å²) >= 11 is 6.14. The Bertz CT molecular complexity index is 974. The summed E-state index contributed by atoms with van der Waals surface area (Å²) < 4.78 is 11.0. The molecule has 6 heteroatoms. The highest BCUT2D eigenvalue weighted by Crippen LogP contribution is 2.43. The van der Waals surface area contributed by atoms with Gasteiger partial charge in [-0.15, -0.1) is 0 Å². The third-order valence-corrected chi connectivity index (χ3v) is 4.37. The number of nitrogens with two attached hydrogens (primary N) is 1. The van der Waals surface area contributed by atoms with Crippen molar-refractivity contribution in [1.29, 1.82) is 5.26 Å². The van der Waals surface area contributed by atoms with E-state index in [1.165, 1.54) is 0 Å². The minimum Gasteiger partial charge on any atom is -0.463 e. The van der Waals surface area contributed by atoms with Crippen LogP contribution in [0, 0.1) is 11.3 Å². The van der Waals surface area contributed by atoms with Crippen molar-refractivity contribution in [2.75, 3.05) is 6.61 Å². The van der Waals surface area contributed by atoms with Crippen molar-refractivity contribution in [3.63, 3.8) is 0 Å². The third kappa shape index (κ3) is 3.67. The number of nitriles is 1. The Hall–Kier alpha value is -3.23. The SMILES string of the molecule is CCOC(=O)C1=C(c2ccccc2)OC(N)=C(C#N)[C@@H]1c1cccc(Cl)c1. The van der Waals surface area contributed by atoms with Gasteiger partial charge in [0.05, 0.1) is 18.1 Å². The van der Waals surface area contributed by atoms with E-state index < -0.39 is 11.9 Å². The second-order valence-corrected chi connectivity index (χ2v) is 6.25. The summed E-state index contributed by atoms with van der Waals surface area (Å²) in [7, 11) is 0. The molecule has 0 fully saturated rings. The molecule has 0 bridgehead atoms. The lowest BCUT2D eigenvalue weighted by atomic mass is 9.82. The second kappa shape index (κ2) is 7.98. The summed E-state index contributed by atoms with van der Waals surface area (Å²) in [6, 6.07) is 18.1. The molecule has 2 aromatic carbocycles. The van der Waals surface area contributed by atoms with Crippen molar-refractivity contribution in [2.45, 2.75) is 12.8 Å². The number of nitrogens with zero attached hydrogens (tertiary/aromatic N) is 1. The Balaban J connectivity index is 2.28. The highest BCUT2D eigenvalue weighted by atomic mass is 35.5. The zero-order valence-electron chi connectivity index (χ0n) is 14.6. The first-order chi connectivity index (χ1) is 13.1. The number of carbonyl (C=O) groups excluding carboxylic acids is 1. The van der Waals surface area contributed by atoms with Gasteiger partial charge in [0.2, 0.25) is 5.88 Å². The van der Waals surface area contributed by atoms with Gasteiger partial charge < -0.3 is 15.2 Å². The Morgan fingerprint density at radius 2 is 2.00 bits per heavy atom. The van der Waals surface area contributed by atoms with Gasteiger partial charge in [0.1, 0.15) is 17.4 Å². The fraction of sp³-hybridized carbons (Fsp3) is 0.143. The number of hydrogen-bond acceptors (Lipinski definition) is 5. The van der Waals surface area contributed by atoms with Crippen molar-refractivity contribution < 1.29 is 14.3 Å². The standard InChI is InChI=1S/C21H17ClN2O3/c1-2-26-21(25)18-17(14-9-6-10-15(22)11-14)16(12-23)20(24)27-19(18)13-7-4-3-5-8-13/h3-11,17H,2,24H2,1H3/t17-/m0/s1. The number of allylic oxidation sites excluding steroid dienone is 1. The van der Waals surface area contributed by atoms with Gasteiger partial charge in [0, 0.05) is 10.6 Å². The van der Waals surface area contributed by atoms with Gasteiger partial charge in [-0.2, -0.15) is 5.26 Å². The minimum atomic E-state index is -0.739. The van der Waals surface area contributed by atoms with Crippen LogP contribution in [0.5, 0.6) is 0 Å². The summed E-state index contributed by atoms with van der Waals surface area (Å²) in [6.45, 7) is 1.90. The van der Waals surface area contributed by atoms with Crippen LogP contribution in [0.1, 0.15) is 24.0 Å². The molecule has 136 valence electrons. The maximum absolute atomic E-state index is 12.9. The average Bonchev–Trinajstić information content (AvgIpc) is 2.68. The topological polar surface area (TPSA) is 85.3 Å². The van der Waals surface area contributed by atoms with Crippen LogP contribution in [-0.2, 0) is 14.3 Å². The lowest BCUT2D eigenvalue weighted by molar-refractivity contribution is -0.138. The normalized spacial score (nSPS) is 16.6. The van der Waals surface area contributed by atoms with E-state index in [0.29, 0.717) is 16.1 Å². The molecule has 0 aromatic heterocycles. The number of rotatable bonds is 4. The Kier molecular flexibility index (Phi) is 5.49. The first kappa shape index (κ1) is 18.6. The van der Waals surface area contributed by atoms with Crippen LogP contribution in [0.15, 0.2) is 71.6 Å². The lowest BCUT2D eigenvalue weighted by Crippen LogP contribution is -2.25. The summed E-state index contributed by atoms with van der Waals surface area (Å²) in [6.07, 6.45) is 0. The van der Waals surface area contributed by atoms with Gasteiger partial charge >= 0.3 is 5.97 Å². The van der Waals surface area contributed by atoms with Crippen LogP contribution >= 0.6 is 11.6 Å². The Morgan fingerprint density at radius 3 is 2.63 bits per heavy atom. The molecule has 27 heavy (non-hydrogen) atoms. The highest BCUT2D eigenvalue weighted by molar-refractivity contribution is 6.30. The van der Waals surface area contributed by atoms with Gasteiger partial charge in [0.15, 0.2) is 0 Å². The first-order valence-corrected chi connectivity index (χ1v) is 8.74. The molecule has 2 aromatic rings. The van der Waals surface area contributed by atoms with E-state index in [0.717, 1.165) is 0 Å². The molecule has 1 heterocycles. The van der Waals surface area contributed by atoms with Crippen LogP contribution in [0.3, 0.4) is 0 Å². The lowest BCUT2D eigenvalue weighted by Gasteiger charge is -2.28. The molecule has 5 nitrogen and oxygen atoms in total. The monoisotopic (exact) mass is 380 g/mol. The van der Waals surface area contributed by atoms with Crippen LogP contribution < -0.4 is 5.73 Å². The van der Waals surface area contributed by atoms with E-state index in [4.69, 9.17) is 26.8 Å². The average molecular weight is 381 g/mol. The molecule has 0 unspecified atom stereocenters. The smallest absolute Gasteiger partial charge is 0.338 e. The zero-order valence-corrected chi connectivity index (χ0v) is 15.4. The molecule has 1 aliphatic heterocycles. The molecule has 0 spiro atoms. The number of ether oxygens (including phenoxy) is 2. The number of benzene rings is 2. The zero-order chi connectivity index (χ0) is 19.4. The first-order valence-electron chi connectivity index (χ1n) is 8.36. The third-order valence-electron chi connectivity index (χ3n) is 4.13. The number of halogens is 1. The van der Waals surface area contributed by atoms with Gasteiger partial charge in [-0.3, -0.25) is 0 Å². The molecule has 0 radical (unpaired) electrons. The summed E-state index contributed by atoms with van der Waals surface area (Å²) in [5.41, 5.74) is 7.71. The number of esters is 1. The predicted molar refractivity (Wildman–Crippen MR) is 102 cm³/mol. The fourth-order valence-corrected chi connectivity index (χ4v) is 3.20.